The third-order valence-corrected chi connectivity index (χ3v) is 3.49. The summed E-state index contributed by atoms with van der Waals surface area (Å²) in [7, 11) is -3.10. The molecule has 0 saturated heterocycles. The molecule has 0 N–H and O–H groups in total. The van der Waals surface area contributed by atoms with Crippen molar-refractivity contribution in [3.8, 4) is 0 Å². The predicted molar refractivity (Wildman–Crippen MR) is 62.8 cm³/mol. The van der Waals surface area contributed by atoms with Crippen LogP contribution < -0.4 is 0 Å². The largest absolute Gasteiger partial charge is 0.224 e. The van der Waals surface area contributed by atoms with E-state index in [1.165, 1.54) is 6.26 Å². The molecular formula is C12H16O2S. The Hall–Kier alpha value is -1.09. The molecule has 0 bridgehead atoms. The van der Waals surface area contributed by atoms with Gasteiger partial charge in [-0.05, 0) is 30.0 Å². The van der Waals surface area contributed by atoms with Crippen LogP contribution in [0.2, 0.25) is 0 Å². The summed E-state index contributed by atoms with van der Waals surface area (Å²) < 4.78 is 22.7. The molecule has 0 aromatic heterocycles. The average Bonchev–Trinajstić information content (AvgIpc) is 2.17. The first-order chi connectivity index (χ1) is 6.95. The zero-order valence-electron chi connectivity index (χ0n) is 9.10. The smallest absolute Gasteiger partial charge is 0.175 e. The summed E-state index contributed by atoms with van der Waals surface area (Å²) in [5, 5.41) is 0. The van der Waals surface area contributed by atoms with E-state index in [1.54, 1.807) is 18.2 Å². The van der Waals surface area contributed by atoms with Crippen LogP contribution in [-0.4, -0.2) is 14.7 Å². The molecule has 0 heterocycles. The van der Waals surface area contributed by atoms with Crippen molar-refractivity contribution in [2.75, 3.05) is 6.26 Å². The maximum absolute atomic E-state index is 11.3. The minimum absolute atomic E-state index is 0.309. The van der Waals surface area contributed by atoms with E-state index in [4.69, 9.17) is 0 Å². The van der Waals surface area contributed by atoms with E-state index >= 15 is 0 Å². The van der Waals surface area contributed by atoms with Crippen molar-refractivity contribution in [2.45, 2.75) is 24.2 Å². The van der Waals surface area contributed by atoms with Gasteiger partial charge in [-0.2, -0.15) is 0 Å². The van der Waals surface area contributed by atoms with Gasteiger partial charge in [-0.25, -0.2) is 8.42 Å². The van der Waals surface area contributed by atoms with Gasteiger partial charge in [0.25, 0.3) is 0 Å². The van der Waals surface area contributed by atoms with E-state index in [9.17, 15) is 8.42 Å². The molecule has 3 heteroatoms. The fourth-order valence-electron chi connectivity index (χ4n) is 1.44. The van der Waals surface area contributed by atoms with Crippen LogP contribution in [0.5, 0.6) is 0 Å². The van der Waals surface area contributed by atoms with Crippen molar-refractivity contribution >= 4 is 9.84 Å². The highest BCUT2D eigenvalue weighted by Crippen LogP contribution is 2.21. The van der Waals surface area contributed by atoms with Crippen LogP contribution in [0.1, 0.15) is 24.8 Å². The molecule has 1 unspecified atom stereocenters. The molecule has 0 radical (unpaired) electrons. The Morgan fingerprint density at radius 3 is 2.67 bits per heavy atom. The molecule has 82 valence electrons. The molecule has 0 fully saturated rings. The van der Waals surface area contributed by atoms with Crippen molar-refractivity contribution in [2.24, 2.45) is 0 Å². The molecular weight excluding hydrogens is 208 g/mol. The Labute approximate surface area is 91.6 Å². The Balaban J connectivity index is 3.08. The second kappa shape index (κ2) is 4.62. The molecule has 1 aromatic carbocycles. The fourth-order valence-corrected chi connectivity index (χ4v) is 2.11. The van der Waals surface area contributed by atoms with Gasteiger partial charge in [0.05, 0.1) is 4.90 Å². The third-order valence-electron chi connectivity index (χ3n) is 2.38. The molecule has 1 atom stereocenters. The average molecular weight is 224 g/mol. The SMILES string of the molecule is C=CCC(C)c1cccc(S(C)(=O)=O)c1. The first-order valence-corrected chi connectivity index (χ1v) is 6.75. The van der Waals surface area contributed by atoms with Crippen LogP contribution >= 0.6 is 0 Å². The lowest BCUT2D eigenvalue weighted by molar-refractivity contribution is 0.601. The number of allylic oxidation sites excluding steroid dienone is 1. The van der Waals surface area contributed by atoms with Gasteiger partial charge >= 0.3 is 0 Å². The Kier molecular flexibility index (Phi) is 3.69. The summed E-state index contributed by atoms with van der Waals surface area (Å²) in [6, 6.07) is 7.09. The third kappa shape index (κ3) is 3.20. The van der Waals surface area contributed by atoms with Crippen molar-refractivity contribution < 1.29 is 8.42 Å². The van der Waals surface area contributed by atoms with Gasteiger partial charge in [0.2, 0.25) is 0 Å². The van der Waals surface area contributed by atoms with Crippen LogP contribution in [0.3, 0.4) is 0 Å². The van der Waals surface area contributed by atoms with Crippen molar-refractivity contribution in [1.29, 1.82) is 0 Å². The van der Waals surface area contributed by atoms with E-state index in [1.807, 2.05) is 12.1 Å². The van der Waals surface area contributed by atoms with E-state index in [-0.39, 0.29) is 0 Å². The van der Waals surface area contributed by atoms with Crippen molar-refractivity contribution in [1.82, 2.24) is 0 Å². The standard InChI is InChI=1S/C12H16O2S/c1-4-6-10(2)11-7-5-8-12(9-11)15(3,13)14/h4-5,7-10H,1,6H2,2-3H3. The van der Waals surface area contributed by atoms with Crippen molar-refractivity contribution in [3.05, 3.63) is 42.5 Å². The summed E-state index contributed by atoms with van der Waals surface area (Å²) in [6.45, 7) is 5.74. The number of benzene rings is 1. The molecule has 0 aliphatic rings. The molecule has 0 saturated carbocycles. The van der Waals surface area contributed by atoms with Gasteiger partial charge in [0, 0.05) is 6.26 Å². The lowest BCUT2D eigenvalue weighted by Crippen LogP contribution is -1.99. The van der Waals surface area contributed by atoms with Gasteiger partial charge in [-0.15, -0.1) is 6.58 Å². The van der Waals surface area contributed by atoms with Gasteiger partial charge in [0.15, 0.2) is 9.84 Å². The zero-order chi connectivity index (χ0) is 11.5. The summed E-state index contributed by atoms with van der Waals surface area (Å²) in [5.41, 5.74) is 1.04. The quantitative estimate of drug-likeness (QED) is 0.737. The van der Waals surface area contributed by atoms with Gasteiger partial charge < -0.3 is 0 Å². The first kappa shape index (κ1) is 12.0. The molecule has 0 aliphatic heterocycles. The molecule has 0 spiro atoms. The minimum Gasteiger partial charge on any atom is -0.224 e. The second-order valence-electron chi connectivity index (χ2n) is 3.77. The van der Waals surface area contributed by atoms with Crippen LogP contribution in [-0.2, 0) is 9.84 Å². The summed E-state index contributed by atoms with van der Waals surface area (Å²) in [5.74, 6) is 0.309. The summed E-state index contributed by atoms with van der Waals surface area (Å²) >= 11 is 0. The van der Waals surface area contributed by atoms with Crippen LogP contribution in [0, 0.1) is 0 Å². The Morgan fingerprint density at radius 1 is 1.47 bits per heavy atom. The molecule has 1 rings (SSSR count). The number of hydrogen-bond donors (Lipinski definition) is 0. The van der Waals surface area contributed by atoms with Gasteiger partial charge in [0.1, 0.15) is 0 Å². The number of sulfone groups is 1. The molecule has 15 heavy (non-hydrogen) atoms. The van der Waals surface area contributed by atoms with E-state index in [0.29, 0.717) is 10.8 Å². The monoisotopic (exact) mass is 224 g/mol. The zero-order valence-corrected chi connectivity index (χ0v) is 9.92. The second-order valence-corrected chi connectivity index (χ2v) is 5.79. The Bertz CT molecular complexity index is 446. The van der Waals surface area contributed by atoms with Gasteiger partial charge in [-0.1, -0.05) is 25.1 Å². The molecule has 1 aromatic rings. The minimum atomic E-state index is -3.10. The lowest BCUT2D eigenvalue weighted by atomic mass is 9.98. The molecule has 0 amide bonds. The first-order valence-electron chi connectivity index (χ1n) is 4.86. The maximum Gasteiger partial charge on any atom is 0.175 e. The lowest BCUT2D eigenvalue weighted by Gasteiger charge is -2.10. The normalized spacial score (nSPS) is 13.5. The fraction of sp³-hybridized carbons (Fsp3) is 0.333. The predicted octanol–water partition coefficient (Wildman–Crippen LogP) is 2.77. The Morgan fingerprint density at radius 2 is 2.13 bits per heavy atom. The number of rotatable bonds is 4. The highest BCUT2D eigenvalue weighted by molar-refractivity contribution is 7.90. The van der Waals surface area contributed by atoms with Crippen LogP contribution in [0.4, 0.5) is 0 Å². The van der Waals surface area contributed by atoms with E-state index in [2.05, 4.69) is 13.5 Å². The summed E-state index contributed by atoms with van der Waals surface area (Å²) in [4.78, 5) is 0.385. The van der Waals surface area contributed by atoms with E-state index in [0.717, 1.165) is 12.0 Å². The molecule has 0 aliphatic carbocycles. The number of hydrogen-bond acceptors (Lipinski definition) is 2. The maximum atomic E-state index is 11.3. The summed E-state index contributed by atoms with van der Waals surface area (Å²) in [6.07, 6.45) is 3.93. The van der Waals surface area contributed by atoms with Gasteiger partial charge in [-0.3, -0.25) is 0 Å². The van der Waals surface area contributed by atoms with Crippen LogP contribution in [0.25, 0.3) is 0 Å². The topological polar surface area (TPSA) is 34.1 Å². The van der Waals surface area contributed by atoms with Crippen LogP contribution in [0.15, 0.2) is 41.8 Å². The van der Waals surface area contributed by atoms with E-state index < -0.39 is 9.84 Å². The molecule has 2 nitrogen and oxygen atoms in total. The highest BCUT2D eigenvalue weighted by atomic mass is 32.2. The highest BCUT2D eigenvalue weighted by Gasteiger charge is 2.09. The van der Waals surface area contributed by atoms with Crippen molar-refractivity contribution in [3.63, 3.8) is 0 Å².